The van der Waals surface area contributed by atoms with Crippen LogP contribution in [-0.2, 0) is 4.79 Å². The Morgan fingerprint density at radius 1 is 2.00 bits per heavy atom. The first kappa shape index (κ1) is 7.21. The number of hydrogen-bond donors (Lipinski definition) is 1. The number of hydrogen-bond acceptors (Lipinski definition) is 1. The molecule has 0 saturated heterocycles. The van der Waals surface area contributed by atoms with Crippen molar-refractivity contribution in [3.63, 3.8) is 0 Å². The zero-order chi connectivity index (χ0) is 6.41. The molecule has 0 radical (unpaired) electrons. The minimum Gasteiger partial charge on any atom is -0.353 e. The number of carbonyl (C=O) groups excluding carboxylic acids is 1. The maximum absolute atomic E-state index is 10.3. The Labute approximate surface area is 51.1 Å². The van der Waals surface area contributed by atoms with Gasteiger partial charge < -0.3 is 5.32 Å². The summed E-state index contributed by atoms with van der Waals surface area (Å²) in [6, 6.07) is 0. The number of rotatable bonds is 3. The van der Waals surface area contributed by atoms with E-state index in [-0.39, 0.29) is 7.33 Å². The van der Waals surface area contributed by atoms with E-state index in [0.29, 0.717) is 0 Å². The second kappa shape index (κ2) is 4.37. The highest BCUT2D eigenvalue weighted by molar-refractivity contribution is 5.86. The summed E-state index contributed by atoms with van der Waals surface area (Å²) < 4.78 is 0. The molecular weight excluding hydrogens is 102 g/mol. The van der Waals surface area contributed by atoms with Gasteiger partial charge in [-0.3, -0.25) is 4.79 Å². The van der Waals surface area contributed by atoms with Crippen LogP contribution in [0.1, 0.15) is 14.8 Å². The van der Waals surface area contributed by atoms with Crippen LogP contribution in [0.5, 0.6) is 0 Å². The molecule has 0 aliphatic heterocycles. The molecule has 0 fully saturated rings. The predicted molar refractivity (Wildman–Crippen MR) is 35.6 cm³/mol. The smallest absolute Gasteiger partial charge is 0.243 e. The molecule has 0 saturated carbocycles. The van der Waals surface area contributed by atoms with Crippen LogP contribution in [0.25, 0.3) is 0 Å². The highest BCUT2D eigenvalue weighted by atomic mass is 16.1. The molecule has 0 atom stereocenters. The molecule has 2 nitrogen and oxygen atoms in total. The van der Waals surface area contributed by atoms with E-state index in [2.05, 4.69) is 11.9 Å². The first-order valence-corrected chi connectivity index (χ1v) is 2.71. The van der Waals surface area contributed by atoms with Gasteiger partial charge in [-0.25, -0.2) is 0 Å². The molecule has 0 bridgehead atoms. The van der Waals surface area contributed by atoms with Gasteiger partial charge in [-0.1, -0.05) is 13.5 Å². The molecule has 0 heterocycles. The third-order valence-corrected chi connectivity index (χ3v) is 0.735. The van der Waals surface area contributed by atoms with Crippen LogP contribution in [0, 0.1) is 0 Å². The van der Waals surface area contributed by atoms with E-state index in [1.165, 1.54) is 6.08 Å². The van der Waals surface area contributed by atoms with E-state index in [1.807, 2.05) is 6.92 Å². The van der Waals surface area contributed by atoms with Crippen molar-refractivity contribution >= 4 is 5.91 Å². The van der Waals surface area contributed by atoms with E-state index in [1.54, 1.807) is 0 Å². The Hall–Kier alpha value is -0.790. The van der Waals surface area contributed by atoms with Crippen molar-refractivity contribution in [3.8, 4) is 0 Å². The van der Waals surface area contributed by atoms with Gasteiger partial charge in [-0.05, 0) is 12.5 Å². The monoisotopic (exact) mass is 115 g/mol. The highest BCUT2D eigenvalue weighted by Gasteiger charge is 1.86. The zero-order valence-corrected chi connectivity index (χ0v) is 5.11. The summed E-state index contributed by atoms with van der Waals surface area (Å²) in [7, 11) is 0. The summed E-state index contributed by atoms with van der Waals surface area (Å²) in [5.74, 6) is -0.0909. The highest BCUT2D eigenvalue weighted by Crippen LogP contribution is 1.70. The van der Waals surface area contributed by atoms with Gasteiger partial charge >= 0.3 is 0 Å². The lowest BCUT2D eigenvalue weighted by Crippen LogP contribution is -2.20. The maximum Gasteiger partial charge on any atom is 0.243 e. The largest absolute Gasteiger partial charge is 0.353 e. The molecule has 0 rings (SSSR count). The van der Waals surface area contributed by atoms with Gasteiger partial charge in [0.15, 0.2) is 0 Å². The van der Waals surface area contributed by atoms with Gasteiger partial charge in [0.05, 0.1) is 0 Å². The lowest BCUT2D eigenvalue weighted by molar-refractivity contribution is -0.116. The normalized spacial score (nSPS) is 8.12. The minimum atomic E-state index is -0.0909. The van der Waals surface area contributed by atoms with Crippen molar-refractivity contribution in [3.05, 3.63) is 12.7 Å². The lowest BCUT2D eigenvalue weighted by Gasteiger charge is -1.94. The van der Waals surface area contributed by atoms with Gasteiger partial charge in [0.25, 0.3) is 0 Å². The van der Waals surface area contributed by atoms with Crippen molar-refractivity contribution in [1.29, 1.82) is 0 Å². The second-order valence-corrected chi connectivity index (χ2v) is 1.50. The van der Waals surface area contributed by atoms with E-state index < -0.39 is 0 Å². The summed E-state index contributed by atoms with van der Waals surface area (Å²) in [6.07, 6.45) is 2.25. The van der Waals surface area contributed by atoms with Crippen molar-refractivity contribution in [2.75, 3.05) is 6.54 Å². The van der Waals surface area contributed by atoms with Crippen LogP contribution >= 0.6 is 0 Å². The molecule has 0 aromatic rings. The zero-order valence-electron chi connectivity index (χ0n) is 5.11. The summed E-state index contributed by atoms with van der Waals surface area (Å²) in [6.45, 7) is 6.05. The second-order valence-electron chi connectivity index (χ2n) is 1.50. The summed E-state index contributed by atoms with van der Waals surface area (Å²) >= 11 is 0. The summed E-state index contributed by atoms with van der Waals surface area (Å²) in [5, 5.41) is 2.62. The van der Waals surface area contributed by atoms with E-state index in [0.717, 1.165) is 13.0 Å². The Morgan fingerprint density at radius 3 is 3.00 bits per heavy atom. The third-order valence-electron chi connectivity index (χ3n) is 0.735. The summed E-state index contributed by atoms with van der Waals surface area (Å²) in [4.78, 5) is 10.3. The standard InChI is InChI=1S/C6H11NO.H2/c1-3-5-7-6(8)4-2;/h4H,2-3,5H2,1H3,(H,7,8);1H. The first-order valence-electron chi connectivity index (χ1n) is 2.71. The molecule has 1 amide bonds. The van der Waals surface area contributed by atoms with Gasteiger partial charge in [0.2, 0.25) is 5.91 Å². The Morgan fingerprint density at radius 2 is 2.62 bits per heavy atom. The fourth-order valence-corrected chi connectivity index (χ4v) is 0.320. The topological polar surface area (TPSA) is 29.1 Å². The van der Waals surface area contributed by atoms with Gasteiger partial charge in [-0.2, -0.15) is 0 Å². The van der Waals surface area contributed by atoms with Gasteiger partial charge in [0, 0.05) is 7.97 Å². The molecule has 0 unspecified atom stereocenters. The minimum absolute atomic E-state index is 0. The van der Waals surface area contributed by atoms with E-state index in [4.69, 9.17) is 0 Å². The van der Waals surface area contributed by atoms with E-state index >= 15 is 0 Å². The van der Waals surface area contributed by atoms with Crippen LogP contribution in [0.2, 0.25) is 0 Å². The fraction of sp³-hybridized carbons (Fsp3) is 0.500. The molecule has 2 heteroatoms. The molecule has 0 aliphatic rings. The SMILES string of the molecule is C=CC(=O)NCCC.[HH]. The molecule has 0 aromatic carbocycles. The molecule has 0 spiro atoms. The molecule has 1 N–H and O–H groups in total. The van der Waals surface area contributed by atoms with Crippen LogP contribution in [0.3, 0.4) is 0 Å². The van der Waals surface area contributed by atoms with Crippen molar-refractivity contribution in [1.82, 2.24) is 5.32 Å². The number of carbonyl (C=O) groups is 1. The Balaban J connectivity index is 0. The van der Waals surface area contributed by atoms with Crippen molar-refractivity contribution < 1.29 is 6.22 Å². The molecule has 0 aromatic heterocycles. The third kappa shape index (κ3) is 3.40. The number of nitrogens with one attached hydrogen (secondary N) is 1. The van der Waals surface area contributed by atoms with Crippen molar-refractivity contribution in [2.24, 2.45) is 0 Å². The fourth-order valence-electron chi connectivity index (χ4n) is 0.320. The average Bonchev–Trinajstić information content (AvgIpc) is 1.83. The van der Waals surface area contributed by atoms with Crippen LogP contribution in [-0.4, -0.2) is 12.5 Å². The van der Waals surface area contributed by atoms with Crippen LogP contribution in [0.4, 0.5) is 0 Å². The molecular formula is C6H13NO. The number of amides is 1. The first-order chi connectivity index (χ1) is 3.81. The van der Waals surface area contributed by atoms with Crippen LogP contribution < -0.4 is 5.32 Å². The lowest BCUT2D eigenvalue weighted by atomic mass is 10.4. The molecule has 48 valence electrons. The van der Waals surface area contributed by atoms with Gasteiger partial charge in [0.1, 0.15) is 0 Å². The Kier molecular flexibility index (Phi) is 3.94. The van der Waals surface area contributed by atoms with Crippen LogP contribution in [0.15, 0.2) is 12.7 Å². The molecule has 8 heavy (non-hydrogen) atoms. The predicted octanol–water partition coefficient (Wildman–Crippen LogP) is 0.945. The average molecular weight is 115 g/mol. The van der Waals surface area contributed by atoms with E-state index in [9.17, 15) is 4.79 Å². The molecule has 0 aliphatic carbocycles. The summed E-state index contributed by atoms with van der Waals surface area (Å²) in [5.41, 5.74) is 0. The maximum atomic E-state index is 10.3. The van der Waals surface area contributed by atoms with Gasteiger partial charge in [-0.15, -0.1) is 0 Å². The quantitative estimate of drug-likeness (QED) is 0.545. The Bertz CT molecular complexity index is 93.1. The van der Waals surface area contributed by atoms with Crippen molar-refractivity contribution in [2.45, 2.75) is 13.3 Å².